The van der Waals surface area contributed by atoms with Gasteiger partial charge in [0.25, 0.3) is 5.91 Å². The monoisotopic (exact) mass is 648 g/mol. The second kappa shape index (κ2) is 15.6. The summed E-state index contributed by atoms with van der Waals surface area (Å²) in [6.07, 6.45) is 3.29. The highest BCUT2D eigenvalue weighted by Gasteiger charge is 2.19. The zero-order valence-electron chi connectivity index (χ0n) is 28.1. The number of rotatable bonds is 14. The number of hydrogen-bond acceptors (Lipinski definition) is 4. The molecule has 49 heavy (non-hydrogen) atoms. The van der Waals surface area contributed by atoms with Crippen molar-refractivity contribution in [2.24, 2.45) is 11.5 Å². The normalized spacial score (nSPS) is 11.1. The molecule has 0 saturated carbocycles. The van der Waals surface area contributed by atoms with Crippen molar-refractivity contribution in [2.45, 2.75) is 52.2 Å². The van der Waals surface area contributed by atoms with Gasteiger partial charge in [-0.3, -0.25) is 10.2 Å². The molecule has 0 bridgehead atoms. The molecule has 0 unspecified atom stereocenters. The van der Waals surface area contributed by atoms with Crippen LogP contribution in [0.4, 0.5) is 0 Å². The summed E-state index contributed by atoms with van der Waals surface area (Å²) in [5.41, 5.74) is 21.7. The number of carbonyl (C=O) groups is 1. The number of hydrogen-bond donors (Lipinski definition) is 3. The van der Waals surface area contributed by atoms with Gasteiger partial charge in [0, 0.05) is 43.7 Å². The number of amides is 1. The molecule has 7 heteroatoms. The minimum absolute atomic E-state index is 0.00180. The maximum atomic E-state index is 14.2. The van der Waals surface area contributed by atoms with E-state index in [4.69, 9.17) is 21.9 Å². The number of aromatic nitrogens is 2. The van der Waals surface area contributed by atoms with E-state index in [0.29, 0.717) is 37.3 Å². The molecule has 0 aliphatic carbocycles. The summed E-state index contributed by atoms with van der Waals surface area (Å²) in [7, 11) is 0. The third kappa shape index (κ3) is 8.50. The van der Waals surface area contributed by atoms with Gasteiger partial charge in [-0.15, -0.1) is 0 Å². The van der Waals surface area contributed by atoms with Crippen LogP contribution < -0.4 is 11.5 Å². The minimum Gasteiger partial charge on any atom is -0.384 e. The van der Waals surface area contributed by atoms with Crippen molar-refractivity contribution >= 4 is 22.8 Å². The quantitative estimate of drug-likeness (QED) is 0.0857. The molecule has 0 atom stereocenters. The molecule has 0 aliphatic heterocycles. The Morgan fingerprint density at radius 1 is 0.735 bits per heavy atom. The van der Waals surface area contributed by atoms with Gasteiger partial charge < -0.3 is 20.9 Å². The summed E-state index contributed by atoms with van der Waals surface area (Å²) in [6.45, 7) is 4.43. The van der Waals surface area contributed by atoms with Crippen molar-refractivity contribution in [3.05, 3.63) is 172 Å². The van der Waals surface area contributed by atoms with Crippen LogP contribution in [0.3, 0.4) is 0 Å². The third-order valence-electron chi connectivity index (χ3n) is 9.09. The summed E-state index contributed by atoms with van der Waals surface area (Å²) in [5.74, 6) is 1.03. The molecule has 7 nitrogen and oxygen atoms in total. The van der Waals surface area contributed by atoms with E-state index in [0.717, 1.165) is 59.2 Å². The first-order valence-electron chi connectivity index (χ1n) is 17.0. The Labute approximate surface area is 288 Å². The van der Waals surface area contributed by atoms with Crippen LogP contribution in [0.15, 0.2) is 121 Å². The molecule has 1 heterocycles. The Morgan fingerprint density at radius 2 is 1.37 bits per heavy atom. The van der Waals surface area contributed by atoms with Crippen LogP contribution in [0.2, 0.25) is 0 Å². The molecule has 0 radical (unpaired) electrons. The minimum atomic E-state index is -0.00180. The van der Waals surface area contributed by atoms with Crippen LogP contribution in [0.25, 0.3) is 11.0 Å². The van der Waals surface area contributed by atoms with Crippen molar-refractivity contribution in [1.29, 1.82) is 5.41 Å². The van der Waals surface area contributed by atoms with E-state index in [1.54, 1.807) is 0 Å². The molecule has 1 amide bonds. The summed E-state index contributed by atoms with van der Waals surface area (Å²) >= 11 is 0. The SMILES string of the molecule is Cc1ccc(Cn2c(CCc3ccc(C(=N)N)cc3)nc3cc(C(=O)N(CCCc4ccccc4)Cc4ccc(CN)cc4)ccc32)cc1. The molecular formula is C42H44N6O. The molecule has 5 aromatic carbocycles. The third-order valence-corrected chi connectivity index (χ3v) is 9.09. The first-order valence-corrected chi connectivity index (χ1v) is 17.0. The summed E-state index contributed by atoms with van der Waals surface area (Å²) in [4.78, 5) is 21.3. The summed E-state index contributed by atoms with van der Waals surface area (Å²) < 4.78 is 2.27. The molecular weight excluding hydrogens is 605 g/mol. The Kier molecular flexibility index (Phi) is 10.6. The fourth-order valence-corrected chi connectivity index (χ4v) is 6.22. The molecule has 6 aromatic rings. The standard InChI is InChI=1S/C42H44N6O/c1-30-9-11-35(12-10-30)29-48-39-23-22-37(26-38(39)46-40(48)24-19-32-17-20-36(21-18-32)41(44)45)42(49)47(25-5-8-31-6-3-2-4-7-31)28-34-15-13-33(27-43)14-16-34/h2-4,6-7,9-18,20-23,26H,5,8,19,24-25,27-29,43H2,1H3,(H3,44,45). The first kappa shape index (κ1) is 33.4. The van der Waals surface area contributed by atoms with Gasteiger partial charge in [0.2, 0.25) is 0 Å². The molecule has 1 aromatic heterocycles. The Morgan fingerprint density at radius 3 is 2.06 bits per heavy atom. The fourth-order valence-electron chi connectivity index (χ4n) is 6.22. The highest BCUT2D eigenvalue weighted by molar-refractivity contribution is 5.97. The number of nitrogen functional groups attached to an aromatic ring is 1. The van der Waals surface area contributed by atoms with Crippen molar-refractivity contribution in [2.75, 3.05) is 6.54 Å². The van der Waals surface area contributed by atoms with Gasteiger partial charge in [0.1, 0.15) is 11.7 Å². The van der Waals surface area contributed by atoms with E-state index in [1.807, 2.05) is 65.6 Å². The van der Waals surface area contributed by atoms with Crippen molar-refractivity contribution < 1.29 is 4.79 Å². The van der Waals surface area contributed by atoms with E-state index < -0.39 is 0 Å². The van der Waals surface area contributed by atoms with Crippen LogP contribution in [0.1, 0.15) is 61.5 Å². The highest BCUT2D eigenvalue weighted by atomic mass is 16.2. The van der Waals surface area contributed by atoms with E-state index in [-0.39, 0.29) is 11.7 Å². The van der Waals surface area contributed by atoms with Crippen LogP contribution >= 0.6 is 0 Å². The van der Waals surface area contributed by atoms with Gasteiger partial charge in [0.15, 0.2) is 0 Å². The lowest BCUT2D eigenvalue weighted by Crippen LogP contribution is -2.31. The summed E-state index contributed by atoms with van der Waals surface area (Å²) in [6, 6.07) is 41.0. The Balaban J connectivity index is 1.28. The maximum absolute atomic E-state index is 14.2. The van der Waals surface area contributed by atoms with Crippen LogP contribution in [-0.2, 0) is 38.9 Å². The smallest absolute Gasteiger partial charge is 0.254 e. The Bertz CT molecular complexity index is 2010. The Hall–Kier alpha value is -5.53. The van der Waals surface area contributed by atoms with Crippen molar-refractivity contribution in [1.82, 2.24) is 14.5 Å². The largest absolute Gasteiger partial charge is 0.384 e. The first-order chi connectivity index (χ1) is 23.9. The molecule has 0 fully saturated rings. The summed E-state index contributed by atoms with van der Waals surface area (Å²) in [5, 5.41) is 7.70. The number of fused-ring (bicyclic) bond motifs is 1. The average molecular weight is 649 g/mol. The highest BCUT2D eigenvalue weighted by Crippen LogP contribution is 2.23. The van der Waals surface area contributed by atoms with Gasteiger partial charge in [-0.1, -0.05) is 109 Å². The van der Waals surface area contributed by atoms with Crippen LogP contribution in [-0.4, -0.2) is 32.7 Å². The van der Waals surface area contributed by atoms with E-state index in [9.17, 15) is 4.79 Å². The second-order valence-corrected chi connectivity index (χ2v) is 12.8. The van der Waals surface area contributed by atoms with Gasteiger partial charge in [-0.05, 0) is 72.2 Å². The fraction of sp³-hybridized carbons (Fsp3) is 0.214. The molecule has 0 saturated heterocycles. The number of carbonyl (C=O) groups excluding carboxylic acids is 1. The number of benzene rings is 5. The average Bonchev–Trinajstić information content (AvgIpc) is 3.47. The lowest BCUT2D eigenvalue weighted by Gasteiger charge is -2.23. The van der Waals surface area contributed by atoms with Gasteiger partial charge in [-0.25, -0.2) is 4.98 Å². The van der Waals surface area contributed by atoms with E-state index in [2.05, 4.69) is 72.2 Å². The van der Waals surface area contributed by atoms with E-state index >= 15 is 0 Å². The lowest BCUT2D eigenvalue weighted by atomic mass is 10.1. The molecule has 0 aliphatic rings. The van der Waals surface area contributed by atoms with Gasteiger partial charge in [0.05, 0.1) is 11.0 Å². The number of imidazole rings is 1. The lowest BCUT2D eigenvalue weighted by molar-refractivity contribution is 0.0741. The van der Waals surface area contributed by atoms with Gasteiger partial charge >= 0.3 is 0 Å². The molecule has 5 N–H and O–H groups in total. The zero-order chi connectivity index (χ0) is 34.2. The molecule has 0 spiro atoms. The maximum Gasteiger partial charge on any atom is 0.254 e. The number of nitrogens with zero attached hydrogens (tertiary/aromatic N) is 3. The predicted molar refractivity (Wildman–Crippen MR) is 199 cm³/mol. The van der Waals surface area contributed by atoms with Crippen molar-refractivity contribution in [3.63, 3.8) is 0 Å². The molecule has 6 rings (SSSR count). The molecule has 248 valence electrons. The zero-order valence-corrected chi connectivity index (χ0v) is 28.1. The topological polar surface area (TPSA) is 114 Å². The van der Waals surface area contributed by atoms with E-state index in [1.165, 1.54) is 16.7 Å². The number of nitrogens with two attached hydrogens (primary N) is 2. The number of nitrogens with one attached hydrogen (secondary N) is 1. The number of amidine groups is 1. The van der Waals surface area contributed by atoms with Crippen LogP contribution in [0.5, 0.6) is 0 Å². The second-order valence-electron chi connectivity index (χ2n) is 12.8. The van der Waals surface area contributed by atoms with Gasteiger partial charge in [-0.2, -0.15) is 0 Å². The van der Waals surface area contributed by atoms with Crippen molar-refractivity contribution in [3.8, 4) is 0 Å². The number of aryl methyl sites for hydroxylation is 4. The van der Waals surface area contributed by atoms with Crippen LogP contribution in [0, 0.1) is 12.3 Å². The predicted octanol–water partition coefficient (Wildman–Crippen LogP) is 7.20.